The van der Waals surface area contributed by atoms with Crippen molar-refractivity contribution in [1.82, 2.24) is 4.57 Å². The van der Waals surface area contributed by atoms with Gasteiger partial charge in [-0.2, -0.15) is 0 Å². The third-order valence-corrected chi connectivity index (χ3v) is 3.08. The second-order valence-corrected chi connectivity index (χ2v) is 4.33. The summed E-state index contributed by atoms with van der Waals surface area (Å²) in [7, 11) is 2.01. The predicted molar refractivity (Wildman–Crippen MR) is 60.2 cm³/mol. The highest BCUT2D eigenvalue weighted by molar-refractivity contribution is 7.08. The molecular weight excluding hydrogens is 208 g/mol. The number of nitrogens with zero attached hydrogens (tertiary/aromatic N) is 2. The molecule has 0 saturated heterocycles. The number of imidazole rings is 1. The maximum atomic E-state index is 5.67. The molecule has 0 aromatic carbocycles. The fourth-order valence-electron chi connectivity index (χ4n) is 1.39. The molecule has 15 heavy (non-hydrogen) atoms. The Hall–Kier alpha value is -1.29. The van der Waals surface area contributed by atoms with E-state index in [1.54, 1.807) is 11.3 Å². The van der Waals surface area contributed by atoms with Crippen LogP contribution in [0.2, 0.25) is 0 Å². The predicted octanol–water partition coefficient (Wildman–Crippen LogP) is 1.76. The highest BCUT2D eigenvalue weighted by Gasteiger charge is 2.02. The summed E-state index contributed by atoms with van der Waals surface area (Å²) >= 11 is 1.68. The lowest BCUT2D eigenvalue weighted by molar-refractivity contribution is -0.671. The van der Waals surface area contributed by atoms with Gasteiger partial charge in [-0.1, -0.05) is 0 Å². The molecule has 0 amide bonds. The molecular formula is C11H15N2OS+. The minimum absolute atomic E-state index is 0.715. The molecule has 2 heterocycles. The van der Waals surface area contributed by atoms with Crippen molar-refractivity contribution in [2.45, 2.75) is 13.5 Å². The number of hydrogen-bond acceptors (Lipinski definition) is 2. The lowest BCUT2D eigenvalue weighted by Crippen LogP contribution is -2.24. The minimum atomic E-state index is 0.715. The molecule has 0 bridgehead atoms. The van der Waals surface area contributed by atoms with E-state index >= 15 is 0 Å². The Morgan fingerprint density at radius 3 is 2.93 bits per heavy atom. The van der Waals surface area contributed by atoms with Crippen LogP contribution in [0, 0.1) is 6.92 Å². The van der Waals surface area contributed by atoms with Gasteiger partial charge in [0.1, 0.15) is 31.3 Å². The van der Waals surface area contributed by atoms with Crippen LogP contribution >= 0.6 is 11.3 Å². The van der Waals surface area contributed by atoms with Gasteiger partial charge < -0.3 is 4.74 Å². The minimum Gasteiger partial charge on any atom is -0.488 e. The average Bonchev–Trinajstić information content (AvgIpc) is 2.77. The van der Waals surface area contributed by atoms with Gasteiger partial charge in [0.2, 0.25) is 6.33 Å². The summed E-state index contributed by atoms with van der Waals surface area (Å²) in [6.07, 6.45) is 6.11. The van der Waals surface area contributed by atoms with E-state index in [0.717, 1.165) is 12.3 Å². The standard InChI is InChI=1S/C11H15N2OS/c1-10-7-15-8-11(10)14-6-5-13-4-3-12(2)9-13/h3-4,7-9H,5-6H2,1-2H3/q+1. The van der Waals surface area contributed by atoms with E-state index in [4.69, 9.17) is 4.74 Å². The van der Waals surface area contributed by atoms with E-state index in [1.807, 2.05) is 35.7 Å². The first-order chi connectivity index (χ1) is 7.25. The van der Waals surface area contributed by atoms with E-state index in [2.05, 4.69) is 16.9 Å². The molecule has 2 rings (SSSR count). The quantitative estimate of drug-likeness (QED) is 0.722. The third kappa shape index (κ3) is 2.59. The first-order valence-corrected chi connectivity index (χ1v) is 5.86. The molecule has 4 heteroatoms. The van der Waals surface area contributed by atoms with Gasteiger partial charge in [-0.15, -0.1) is 11.3 Å². The zero-order valence-electron chi connectivity index (χ0n) is 9.01. The normalized spacial score (nSPS) is 10.5. The molecule has 0 saturated carbocycles. The fourth-order valence-corrected chi connectivity index (χ4v) is 2.16. The molecule has 0 aliphatic rings. The number of aryl methyl sites for hydroxylation is 2. The van der Waals surface area contributed by atoms with Gasteiger partial charge >= 0.3 is 0 Å². The average molecular weight is 223 g/mol. The van der Waals surface area contributed by atoms with Crippen molar-refractivity contribution in [2.75, 3.05) is 6.61 Å². The summed E-state index contributed by atoms with van der Waals surface area (Å²) in [5, 5.41) is 4.15. The maximum absolute atomic E-state index is 5.67. The molecule has 0 atom stereocenters. The highest BCUT2D eigenvalue weighted by Crippen LogP contribution is 2.21. The molecule has 0 fully saturated rings. The molecule has 80 valence electrons. The molecule has 0 aliphatic heterocycles. The topological polar surface area (TPSA) is 18.0 Å². The van der Waals surface area contributed by atoms with E-state index < -0.39 is 0 Å². The van der Waals surface area contributed by atoms with Crippen LogP contribution in [0.1, 0.15) is 5.56 Å². The summed E-state index contributed by atoms with van der Waals surface area (Å²) in [5.74, 6) is 1.01. The summed E-state index contributed by atoms with van der Waals surface area (Å²) in [6, 6.07) is 0. The van der Waals surface area contributed by atoms with Crippen LogP contribution in [0.3, 0.4) is 0 Å². The Morgan fingerprint density at radius 1 is 1.47 bits per heavy atom. The van der Waals surface area contributed by atoms with E-state index in [0.29, 0.717) is 6.61 Å². The fraction of sp³-hybridized carbons (Fsp3) is 0.364. The van der Waals surface area contributed by atoms with Gasteiger partial charge in [-0.25, -0.2) is 9.13 Å². The van der Waals surface area contributed by atoms with E-state index in [-0.39, 0.29) is 0 Å². The van der Waals surface area contributed by atoms with Crippen molar-refractivity contribution in [3.8, 4) is 5.75 Å². The molecule has 2 aromatic rings. The number of aromatic nitrogens is 2. The molecule has 0 unspecified atom stereocenters. The van der Waals surface area contributed by atoms with Gasteiger partial charge in [0.25, 0.3) is 0 Å². The molecule has 2 aromatic heterocycles. The van der Waals surface area contributed by atoms with Crippen LogP contribution in [0.15, 0.2) is 29.5 Å². The second kappa shape index (κ2) is 4.49. The zero-order valence-corrected chi connectivity index (χ0v) is 9.83. The van der Waals surface area contributed by atoms with Crippen molar-refractivity contribution in [2.24, 2.45) is 7.05 Å². The lowest BCUT2D eigenvalue weighted by Gasteiger charge is -2.02. The Kier molecular flexibility index (Phi) is 3.06. The maximum Gasteiger partial charge on any atom is 0.243 e. The zero-order chi connectivity index (χ0) is 10.7. The van der Waals surface area contributed by atoms with Crippen molar-refractivity contribution in [3.05, 3.63) is 35.0 Å². The number of hydrogen-bond donors (Lipinski definition) is 0. The Morgan fingerprint density at radius 2 is 2.33 bits per heavy atom. The molecule has 3 nitrogen and oxygen atoms in total. The van der Waals surface area contributed by atoms with Gasteiger partial charge in [-0.3, -0.25) is 0 Å². The first kappa shape index (κ1) is 10.2. The highest BCUT2D eigenvalue weighted by atomic mass is 32.1. The van der Waals surface area contributed by atoms with Crippen LogP contribution in [0.25, 0.3) is 0 Å². The van der Waals surface area contributed by atoms with Crippen molar-refractivity contribution in [3.63, 3.8) is 0 Å². The summed E-state index contributed by atoms with van der Waals surface area (Å²) < 4.78 is 9.81. The van der Waals surface area contributed by atoms with Crippen LogP contribution in [-0.2, 0) is 13.6 Å². The summed E-state index contributed by atoms with van der Waals surface area (Å²) in [6.45, 7) is 3.67. The van der Waals surface area contributed by atoms with Gasteiger partial charge in [0.05, 0.1) is 7.05 Å². The number of thiophene rings is 1. The molecule has 0 aliphatic carbocycles. The van der Waals surface area contributed by atoms with Gasteiger partial charge in [0.15, 0.2) is 0 Å². The molecule has 0 spiro atoms. The molecule has 0 N–H and O–H groups in total. The van der Waals surface area contributed by atoms with Crippen molar-refractivity contribution < 1.29 is 9.30 Å². The molecule has 0 radical (unpaired) electrons. The van der Waals surface area contributed by atoms with Gasteiger partial charge in [0, 0.05) is 10.9 Å². The van der Waals surface area contributed by atoms with Crippen LogP contribution in [0.4, 0.5) is 0 Å². The number of ether oxygens (including phenoxy) is 1. The van der Waals surface area contributed by atoms with E-state index in [1.165, 1.54) is 5.56 Å². The largest absolute Gasteiger partial charge is 0.488 e. The first-order valence-electron chi connectivity index (χ1n) is 4.92. The Balaban J connectivity index is 1.83. The lowest BCUT2D eigenvalue weighted by atomic mass is 10.4. The van der Waals surface area contributed by atoms with Crippen LogP contribution < -0.4 is 9.30 Å². The smallest absolute Gasteiger partial charge is 0.243 e. The monoisotopic (exact) mass is 223 g/mol. The van der Waals surface area contributed by atoms with Crippen LogP contribution in [-0.4, -0.2) is 11.2 Å². The van der Waals surface area contributed by atoms with Gasteiger partial charge in [-0.05, 0) is 12.3 Å². The third-order valence-electron chi connectivity index (χ3n) is 2.24. The second-order valence-electron chi connectivity index (χ2n) is 3.58. The Labute approximate surface area is 93.6 Å². The van der Waals surface area contributed by atoms with Crippen LogP contribution in [0.5, 0.6) is 5.75 Å². The Bertz CT molecular complexity index is 433. The van der Waals surface area contributed by atoms with Crippen molar-refractivity contribution >= 4 is 11.3 Å². The number of rotatable bonds is 4. The summed E-state index contributed by atoms with van der Waals surface area (Å²) in [5.41, 5.74) is 1.22. The van der Waals surface area contributed by atoms with Crippen molar-refractivity contribution in [1.29, 1.82) is 0 Å². The summed E-state index contributed by atoms with van der Waals surface area (Å²) in [4.78, 5) is 0. The SMILES string of the molecule is Cc1cscc1OCCn1cc[n+](C)c1. The van der Waals surface area contributed by atoms with E-state index in [9.17, 15) is 0 Å².